The summed E-state index contributed by atoms with van der Waals surface area (Å²) in [7, 11) is -5.63. The zero-order chi connectivity index (χ0) is 26.2. The van der Waals surface area contributed by atoms with Crippen molar-refractivity contribution < 1.29 is 44.5 Å². The van der Waals surface area contributed by atoms with Crippen LogP contribution in [-0.2, 0) is 16.0 Å². The van der Waals surface area contributed by atoms with Crippen LogP contribution in [0.3, 0.4) is 0 Å². The SMILES string of the molecule is O=C(Nc1ccc(S(=O)(=O)C(F)(F)F)cc1)c1ccc(-c2ncccc2C(F)(F)F)cc1[N+](=O)[O-]. The number of amides is 1. The maximum atomic E-state index is 13.3. The average molecular weight is 519 g/mol. The molecule has 0 saturated carbocycles. The van der Waals surface area contributed by atoms with Gasteiger partial charge in [-0.25, -0.2) is 8.42 Å². The van der Waals surface area contributed by atoms with E-state index >= 15 is 0 Å². The van der Waals surface area contributed by atoms with Crippen LogP contribution in [-0.4, -0.2) is 29.7 Å². The van der Waals surface area contributed by atoms with Crippen molar-refractivity contribution in [2.75, 3.05) is 5.32 Å². The van der Waals surface area contributed by atoms with Crippen molar-refractivity contribution in [2.24, 2.45) is 0 Å². The van der Waals surface area contributed by atoms with E-state index < -0.39 is 59.8 Å². The molecule has 0 saturated heterocycles. The first-order chi connectivity index (χ1) is 16.1. The van der Waals surface area contributed by atoms with Crippen LogP contribution in [0.4, 0.5) is 37.7 Å². The Morgan fingerprint density at radius 2 is 1.60 bits per heavy atom. The van der Waals surface area contributed by atoms with Crippen molar-refractivity contribution in [3.63, 3.8) is 0 Å². The molecule has 0 fully saturated rings. The number of nitro groups is 1. The molecular weight excluding hydrogens is 508 g/mol. The summed E-state index contributed by atoms with van der Waals surface area (Å²) in [6.07, 6.45) is -3.75. The number of halogens is 6. The highest BCUT2D eigenvalue weighted by molar-refractivity contribution is 7.92. The highest BCUT2D eigenvalue weighted by atomic mass is 32.2. The maximum absolute atomic E-state index is 13.3. The summed E-state index contributed by atoms with van der Waals surface area (Å²) in [5.41, 5.74) is -9.22. The van der Waals surface area contributed by atoms with Crippen molar-refractivity contribution in [1.29, 1.82) is 0 Å². The lowest BCUT2D eigenvalue weighted by atomic mass is 10.0. The van der Waals surface area contributed by atoms with Crippen LogP contribution in [0.1, 0.15) is 15.9 Å². The van der Waals surface area contributed by atoms with Gasteiger partial charge >= 0.3 is 11.7 Å². The molecule has 3 rings (SSSR count). The van der Waals surface area contributed by atoms with E-state index in [0.717, 1.165) is 48.7 Å². The van der Waals surface area contributed by atoms with Gasteiger partial charge in [0.1, 0.15) is 5.56 Å². The van der Waals surface area contributed by atoms with E-state index in [2.05, 4.69) is 10.3 Å². The van der Waals surface area contributed by atoms with Gasteiger partial charge in [-0.15, -0.1) is 0 Å². The van der Waals surface area contributed by atoms with E-state index in [1.165, 1.54) is 0 Å². The fraction of sp³-hybridized carbons (Fsp3) is 0.100. The first kappa shape index (κ1) is 25.6. The van der Waals surface area contributed by atoms with Crippen molar-refractivity contribution in [2.45, 2.75) is 16.6 Å². The first-order valence-electron chi connectivity index (χ1n) is 9.16. The monoisotopic (exact) mass is 519 g/mol. The van der Waals surface area contributed by atoms with Gasteiger partial charge in [-0.3, -0.25) is 19.9 Å². The Kier molecular flexibility index (Phi) is 6.57. The van der Waals surface area contributed by atoms with Crippen molar-refractivity contribution in [1.82, 2.24) is 4.98 Å². The quantitative estimate of drug-likeness (QED) is 0.280. The third-order valence-electron chi connectivity index (χ3n) is 4.55. The molecule has 1 aromatic heterocycles. The lowest BCUT2D eigenvalue weighted by Gasteiger charge is -2.12. The molecule has 0 unspecified atom stereocenters. The molecule has 35 heavy (non-hydrogen) atoms. The van der Waals surface area contributed by atoms with E-state index in [-0.39, 0.29) is 11.3 Å². The summed E-state index contributed by atoms with van der Waals surface area (Å²) in [6, 6.07) is 7.22. The molecule has 0 atom stereocenters. The second-order valence-electron chi connectivity index (χ2n) is 6.81. The van der Waals surface area contributed by atoms with E-state index in [1.54, 1.807) is 0 Å². The molecule has 2 aromatic carbocycles. The summed E-state index contributed by atoms with van der Waals surface area (Å²) in [4.78, 5) is 25.6. The van der Waals surface area contributed by atoms with E-state index in [9.17, 15) is 49.7 Å². The summed E-state index contributed by atoms with van der Waals surface area (Å²) in [6.45, 7) is 0. The summed E-state index contributed by atoms with van der Waals surface area (Å²) >= 11 is 0. The van der Waals surface area contributed by atoms with Crippen molar-refractivity contribution >= 4 is 27.1 Å². The van der Waals surface area contributed by atoms with Gasteiger partial charge < -0.3 is 5.32 Å². The highest BCUT2D eigenvalue weighted by Crippen LogP contribution is 2.37. The van der Waals surface area contributed by atoms with Crippen molar-refractivity contribution in [3.05, 3.63) is 82.0 Å². The van der Waals surface area contributed by atoms with Crippen LogP contribution in [0.5, 0.6) is 0 Å². The van der Waals surface area contributed by atoms with Crippen LogP contribution in [0.25, 0.3) is 11.3 Å². The summed E-state index contributed by atoms with van der Waals surface area (Å²) in [5.74, 6) is -1.12. The Bertz CT molecular complexity index is 1400. The third kappa shape index (κ3) is 5.24. The molecule has 1 heterocycles. The fourth-order valence-electron chi connectivity index (χ4n) is 2.94. The molecule has 0 spiro atoms. The minimum absolute atomic E-state index is 0.196. The molecule has 0 aliphatic heterocycles. The molecule has 1 amide bonds. The molecule has 15 heteroatoms. The van der Waals surface area contributed by atoms with Crippen molar-refractivity contribution in [3.8, 4) is 11.3 Å². The topological polar surface area (TPSA) is 119 Å². The molecule has 0 bridgehead atoms. The fourth-order valence-corrected chi connectivity index (χ4v) is 3.70. The minimum Gasteiger partial charge on any atom is -0.322 e. The number of rotatable bonds is 5. The number of aromatic nitrogens is 1. The lowest BCUT2D eigenvalue weighted by molar-refractivity contribution is -0.385. The zero-order valence-corrected chi connectivity index (χ0v) is 17.7. The second-order valence-corrected chi connectivity index (χ2v) is 8.76. The number of sulfone groups is 1. The van der Waals surface area contributed by atoms with Gasteiger partial charge in [0.2, 0.25) is 0 Å². The van der Waals surface area contributed by atoms with E-state index in [0.29, 0.717) is 12.1 Å². The molecular formula is C20H11F6N3O5S. The first-order valence-corrected chi connectivity index (χ1v) is 10.6. The maximum Gasteiger partial charge on any atom is 0.501 e. The van der Waals surface area contributed by atoms with Crippen LogP contribution in [0.15, 0.2) is 65.7 Å². The van der Waals surface area contributed by atoms with Gasteiger partial charge in [0.25, 0.3) is 21.4 Å². The average Bonchev–Trinajstić information content (AvgIpc) is 2.77. The number of carbonyl (C=O) groups is 1. The molecule has 0 radical (unpaired) electrons. The Balaban J connectivity index is 1.94. The molecule has 3 aromatic rings. The smallest absolute Gasteiger partial charge is 0.322 e. The molecule has 8 nitrogen and oxygen atoms in total. The number of benzene rings is 2. The highest BCUT2D eigenvalue weighted by Gasteiger charge is 2.46. The Labute approximate surface area is 192 Å². The Hall–Kier alpha value is -4.01. The van der Waals surface area contributed by atoms with Gasteiger partial charge in [-0.1, -0.05) is 6.07 Å². The van der Waals surface area contributed by atoms with Gasteiger partial charge in [0.15, 0.2) is 0 Å². The van der Waals surface area contributed by atoms with Crippen LogP contribution < -0.4 is 5.32 Å². The molecule has 1 N–H and O–H groups in total. The number of carbonyl (C=O) groups excluding carboxylic acids is 1. The summed E-state index contributed by atoms with van der Waals surface area (Å²) < 4.78 is 101. The zero-order valence-electron chi connectivity index (χ0n) is 16.9. The van der Waals surface area contributed by atoms with Gasteiger partial charge in [-0.2, -0.15) is 26.3 Å². The number of nitrogens with one attached hydrogen (secondary N) is 1. The predicted molar refractivity (Wildman–Crippen MR) is 109 cm³/mol. The molecule has 0 aliphatic carbocycles. The summed E-state index contributed by atoms with van der Waals surface area (Å²) in [5, 5.41) is 13.7. The van der Waals surface area contributed by atoms with Crippen LogP contribution >= 0.6 is 0 Å². The van der Waals surface area contributed by atoms with Gasteiger partial charge in [0.05, 0.1) is 21.1 Å². The Morgan fingerprint density at radius 1 is 0.971 bits per heavy atom. The van der Waals surface area contributed by atoms with E-state index in [1.807, 2.05) is 0 Å². The number of alkyl halides is 6. The second kappa shape index (κ2) is 8.98. The standard InChI is InChI=1S/C20H11F6N3O5S/c21-19(22,23)15-2-1-9-27-17(15)11-3-8-14(16(10-11)29(31)32)18(30)28-12-4-6-13(7-5-12)35(33,34)20(24,25)26/h1-10H,(H,28,30). The number of hydrogen-bond donors (Lipinski definition) is 1. The molecule has 184 valence electrons. The number of nitrogens with zero attached hydrogens (tertiary/aromatic N) is 2. The number of pyridine rings is 1. The normalized spacial score (nSPS) is 12.3. The van der Waals surface area contributed by atoms with E-state index in [4.69, 9.17) is 0 Å². The predicted octanol–water partition coefficient (Wildman–Crippen LogP) is 5.22. The van der Waals surface area contributed by atoms with Gasteiger partial charge in [0, 0.05) is 23.5 Å². The number of anilines is 1. The lowest BCUT2D eigenvalue weighted by Crippen LogP contribution is -2.23. The number of nitro benzene ring substituents is 1. The Morgan fingerprint density at radius 3 is 2.14 bits per heavy atom. The van der Waals surface area contributed by atoms with Crippen LogP contribution in [0, 0.1) is 10.1 Å². The number of hydrogen-bond acceptors (Lipinski definition) is 6. The van der Waals surface area contributed by atoms with Crippen LogP contribution in [0.2, 0.25) is 0 Å². The largest absolute Gasteiger partial charge is 0.501 e. The van der Waals surface area contributed by atoms with Gasteiger partial charge in [-0.05, 0) is 42.5 Å². The third-order valence-corrected chi connectivity index (χ3v) is 6.05. The minimum atomic E-state index is -5.63. The molecule has 0 aliphatic rings.